The predicted octanol–water partition coefficient (Wildman–Crippen LogP) is 2.64. The largest absolute Gasteiger partial charge is 0.341 e. The van der Waals surface area contributed by atoms with Crippen molar-refractivity contribution in [2.75, 3.05) is 20.1 Å². The first kappa shape index (κ1) is 19.6. The molecule has 1 atom stereocenters. The summed E-state index contributed by atoms with van der Waals surface area (Å²) in [5, 5.41) is 4.39. The third-order valence-corrected chi connectivity index (χ3v) is 4.31. The van der Waals surface area contributed by atoms with Crippen LogP contribution < -0.4 is 5.32 Å². The van der Waals surface area contributed by atoms with E-state index in [2.05, 4.69) is 10.3 Å². The SMILES string of the molecule is Cc1ncc(CN(C)C(=O)CCC2CCNC2)s1.Cl.Cl. The molecule has 1 N–H and O–H groups in total. The molecule has 20 heavy (non-hydrogen) atoms. The summed E-state index contributed by atoms with van der Waals surface area (Å²) in [4.78, 5) is 19.2. The fourth-order valence-corrected chi connectivity index (χ4v) is 3.13. The van der Waals surface area contributed by atoms with Crippen molar-refractivity contribution in [3.63, 3.8) is 0 Å². The molecule has 1 unspecified atom stereocenters. The molecule has 1 aliphatic heterocycles. The van der Waals surface area contributed by atoms with E-state index in [0.717, 1.165) is 29.4 Å². The van der Waals surface area contributed by atoms with Gasteiger partial charge in [-0.2, -0.15) is 0 Å². The van der Waals surface area contributed by atoms with E-state index in [1.54, 1.807) is 11.3 Å². The van der Waals surface area contributed by atoms with Gasteiger partial charge in [0.25, 0.3) is 0 Å². The average molecular weight is 340 g/mol. The predicted molar refractivity (Wildman–Crippen MR) is 88.0 cm³/mol. The molecule has 0 spiro atoms. The van der Waals surface area contributed by atoms with Crippen molar-refractivity contribution in [1.82, 2.24) is 15.2 Å². The molecular weight excluding hydrogens is 317 g/mol. The molecular formula is C13H23Cl2N3OS. The maximum atomic E-state index is 12.0. The van der Waals surface area contributed by atoms with E-state index in [-0.39, 0.29) is 30.7 Å². The van der Waals surface area contributed by atoms with Gasteiger partial charge in [-0.15, -0.1) is 36.2 Å². The Bertz CT molecular complexity index is 408. The Balaban J connectivity index is 0.00000180. The second-order valence-corrected chi connectivity index (χ2v) is 6.31. The highest BCUT2D eigenvalue weighted by Gasteiger charge is 2.17. The minimum atomic E-state index is 0. The third-order valence-electron chi connectivity index (χ3n) is 3.42. The molecule has 0 bridgehead atoms. The summed E-state index contributed by atoms with van der Waals surface area (Å²) in [6.45, 7) is 4.86. The molecule has 0 aliphatic carbocycles. The van der Waals surface area contributed by atoms with Gasteiger partial charge in [-0.25, -0.2) is 4.98 Å². The zero-order valence-electron chi connectivity index (χ0n) is 11.9. The summed E-state index contributed by atoms with van der Waals surface area (Å²) < 4.78 is 0. The highest BCUT2D eigenvalue weighted by Crippen LogP contribution is 2.17. The van der Waals surface area contributed by atoms with Gasteiger partial charge < -0.3 is 10.2 Å². The molecule has 7 heteroatoms. The quantitative estimate of drug-likeness (QED) is 0.896. The number of nitrogens with zero attached hydrogens (tertiary/aromatic N) is 2. The number of halogens is 2. The lowest BCUT2D eigenvalue weighted by Crippen LogP contribution is -2.26. The number of thiazole rings is 1. The van der Waals surface area contributed by atoms with Crippen LogP contribution >= 0.6 is 36.2 Å². The van der Waals surface area contributed by atoms with Crippen molar-refractivity contribution < 1.29 is 4.79 Å². The lowest BCUT2D eigenvalue weighted by Gasteiger charge is -2.17. The van der Waals surface area contributed by atoms with Crippen LogP contribution in [-0.4, -0.2) is 35.9 Å². The number of hydrogen-bond donors (Lipinski definition) is 1. The second-order valence-electron chi connectivity index (χ2n) is 4.99. The van der Waals surface area contributed by atoms with Gasteiger partial charge in [0.2, 0.25) is 5.91 Å². The van der Waals surface area contributed by atoms with E-state index in [1.807, 2.05) is 25.1 Å². The Morgan fingerprint density at radius 3 is 2.85 bits per heavy atom. The first-order chi connectivity index (χ1) is 8.65. The van der Waals surface area contributed by atoms with Crippen LogP contribution in [0.3, 0.4) is 0 Å². The molecule has 2 heterocycles. The van der Waals surface area contributed by atoms with Gasteiger partial charge in [0.15, 0.2) is 0 Å². The number of rotatable bonds is 5. The van der Waals surface area contributed by atoms with E-state index in [4.69, 9.17) is 0 Å². The number of hydrogen-bond acceptors (Lipinski definition) is 4. The van der Waals surface area contributed by atoms with Crippen molar-refractivity contribution >= 4 is 42.1 Å². The van der Waals surface area contributed by atoms with Gasteiger partial charge in [-0.05, 0) is 38.8 Å². The zero-order chi connectivity index (χ0) is 13.0. The molecule has 1 amide bonds. The summed E-state index contributed by atoms with van der Waals surface area (Å²) in [7, 11) is 1.88. The molecule has 0 aromatic carbocycles. The fraction of sp³-hybridized carbons (Fsp3) is 0.692. The lowest BCUT2D eigenvalue weighted by molar-refractivity contribution is -0.130. The summed E-state index contributed by atoms with van der Waals surface area (Å²) in [6, 6.07) is 0. The van der Waals surface area contributed by atoms with Crippen LogP contribution in [0, 0.1) is 12.8 Å². The highest BCUT2D eigenvalue weighted by molar-refractivity contribution is 7.11. The van der Waals surface area contributed by atoms with E-state index in [0.29, 0.717) is 18.9 Å². The van der Waals surface area contributed by atoms with E-state index < -0.39 is 0 Å². The Morgan fingerprint density at radius 1 is 1.55 bits per heavy atom. The molecule has 2 rings (SSSR count). The topological polar surface area (TPSA) is 45.2 Å². The van der Waals surface area contributed by atoms with Crippen molar-refractivity contribution in [3.05, 3.63) is 16.1 Å². The van der Waals surface area contributed by atoms with Crippen LogP contribution in [0.1, 0.15) is 29.1 Å². The maximum absolute atomic E-state index is 12.0. The first-order valence-electron chi connectivity index (χ1n) is 6.51. The van der Waals surface area contributed by atoms with Crippen LogP contribution in [0.4, 0.5) is 0 Å². The molecule has 4 nitrogen and oxygen atoms in total. The van der Waals surface area contributed by atoms with Gasteiger partial charge in [0.05, 0.1) is 11.6 Å². The number of aryl methyl sites for hydroxylation is 1. The van der Waals surface area contributed by atoms with Crippen molar-refractivity contribution in [2.24, 2.45) is 5.92 Å². The zero-order valence-corrected chi connectivity index (χ0v) is 14.4. The number of carbonyl (C=O) groups is 1. The van der Waals surface area contributed by atoms with Crippen LogP contribution in [0.25, 0.3) is 0 Å². The highest BCUT2D eigenvalue weighted by atomic mass is 35.5. The van der Waals surface area contributed by atoms with Gasteiger partial charge >= 0.3 is 0 Å². The Labute approximate surface area is 137 Å². The molecule has 1 aromatic heterocycles. The second kappa shape index (κ2) is 9.55. The molecule has 0 radical (unpaired) electrons. The molecule has 1 fully saturated rings. The Hall–Kier alpha value is -0.360. The smallest absolute Gasteiger partial charge is 0.222 e. The number of aromatic nitrogens is 1. The van der Waals surface area contributed by atoms with Gasteiger partial charge in [0, 0.05) is 24.5 Å². The number of carbonyl (C=O) groups excluding carboxylic acids is 1. The summed E-state index contributed by atoms with van der Waals surface area (Å²) >= 11 is 1.66. The Morgan fingerprint density at radius 2 is 2.30 bits per heavy atom. The number of amides is 1. The maximum Gasteiger partial charge on any atom is 0.222 e. The fourth-order valence-electron chi connectivity index (χ4n) is 2.28. The third kappa shape index (κ3) is 5.95. The van der Waals surface area contributed by atoms with E-state index in [9.17, 15) is 4.79 Å². The minimum Gasteiger partial charge on any atom is -0.341 e. The van der Waals surface area contributed by atoms with E-state index in [1.165, 1.54) is 6.42 Å². The van der Waals surface area contributed by atoms with Crippen molar-refractivity contribution in [3.8, 4) is 0 Å². The minimum absolute atomic E-state index is 0. The van der Waals surface area contributed by atoms with Crippen molar-refractivity contribution in [2.45, 2.75) is 32.7 Å². The summed E-state index contributed by atoms with van der Waals surface area (Å²) in [5.41, 5.74) is 0. The lowest BCUT2D eigenvalue weighted by atomic mass is 10.0. The molecule has 116 valence electrons. The molecule has 1 saturated heterocycles. The normalized spacial score (nSPS) is 17.2. The van der Waals surface area contributed by atoms with Gasteiger partial charge in [0.1, 0.15) is 0 Å². The van der Waals surface area contributed by atoms with Crippen LogP contribution in [0.15, 0.2) is 6.20 Å². The average Bonchev–Trinajstić information content (AvgIpc) is 2.97. The standard InChI is InChI=1S/C13H21N3OS.2ClH/c1-10-15-8-12(18-10)9-16(2)13(17)4-3-11-5-6-14-7-11;;/h8,11,14H,3-7,9H2,1-2H3;2*1H. The monoisotopic (exact) mass is 339 g/mol. The van der Waals surface area contributed by atoms with Crippen LogP contribution in [-0.2, 0) is 11.3 Å². The number of nitrogens with one attached hydrogen (secondary N) is 1. The van der Waals surface area contributed by atoms with Crippen molar-refractivity contribution in [1.29, 1.82) is 0 Å². The Kier molecular flexibility index (Phi) is 9.38. The van der Waals surface area contributed by atoms with Gasteiger partial charge in [-0.3, -0.25) is 4.79 Å². The van der Waals surface area contributed by atoms with E-state index >= 15 is 0 Å². The molecule has 1 aliphatic rings. The van der Waals surface area contributed by atoms with Crippen LogP contribution in [0.5, 0.6) is 0 Å². The van der Waals surface area contributed by atoms with Crippen LogP contribution in [0.2, 0.25) is 0 Å². The summed E-state index contributed by atoms with van der Waals surface area (Å²) in [5.74, 6) is 0.931. The molecule has 1 aromatic rings. The first-order valence-corrected chi connectivity index (χ1v) is 7.33. The summed E-state index contributed by atoms with van der Waals surface area (Å²) in [6.07, 6.45) is 4.76. The van der Waals surface area contributed by atoms with Gasteiger partial charge in [-0.1, -0.05) is 0 Å². The molecule has 0 saturated carbocycles.